The third-order valence-corrected chi connectivity index (χ3v) is 3.76. The van der Waals surface area contributed by atoms with Gasteiger partial charge < -0.3 is 9.52 Å². The average molecular weight is 237 g/mol. The van der Waals surface area contributed by atoms with Crippen LogP contribution in [0.25, 0.3) is 0 Å². The minimum Gasteiger partial charge on any atom is -0.481 e. The highest BCUT2D eigenvalue weighted by Gasteiger charge is 2.37. The van der Waals surface area contributed by atoms with Gasteiger partial charge in [-0.25, -0.2) is 0 Å². The minimum absolute atomic E-state index is 0.237. The normalized spacial score (nSPS) is 20.9. The Hall–Kier alpha value is -1.29. The van der Waals surface area contributed by atoms with Crippen LogP contribution in [0.4, 0.5) is 0 Å². The zero-order valence-electron chi connectivity index (χ0n) is 10.5. The number of rotatable bonds is 4. The lowest BCUT2D eigenvalue weighted by Crippen LogP contribution is -2.51. The maximum atomic E-state index is 10.8. The molecule has 17 heavy (non-hydrogen) atoms. The standard InChI is InChI=1S/C13H19NO3/c1-8-4-5-12(17-8)10(3)14-6-11(7-14)9(2)13(15)16/h4-5,9-11H,6-7H2,1-3H3,(H,15,16). The van der Waals surface area contributed by atoms with Crippen LogP contribution in [0.2, 0.25) is 0 Å². The predicted octanol–water partition coefficient (Wildman–Crippen LogP) is 2.30. The molecule has 0 bridgehead atoms. The van der Waals surface area contributed by atoms with Crippen molar-refractivity contribution >= 4 is 5.97 Å². The van der Waals surface area contributed by atoms with Crippen LogP contribution >= 0.6 is 0 Å². The van der Waals surface area contributed by atoms with E-state index < -0.39 is 5.97 Å². The van der Waals surface area contributed by atoms with Gasteiger partial charge in [-0.1, -0.05) is 6.92 Å². The number of furan rings is 1. The van der Waals surface area contributed by atoms with Gasteiger partial charge in [-0.05, 0) is 31.9 Å². The largest absolute Gasteiger partial charge is 0.481 e. The molecule has 94 valence electrons. The van der Waals surface area contributed by atoms with Crippen LogP contribution < -0.4 is 0 Å². The minimum atomic E-state index is -0.698. The van der Waals surface area contributed by atoms with E-state index >= 15 is 0 Å². The quantitative estimate of drug-likeness (QED) is 0.873. The summed E-state index contributed by atoms with van der Waals surface area (Å²) >= 11 is 0. The number of carboxylic acid groups (broad SMARTS) is 1. The number of likely N-dealkylation sites (tertiary alicyclic amines) is 1. The van der Waals surface area contributed by atoms with Gasteiger partial charge in [-0.15, -0.1) is 0 Å². The highest BCUT2D eigenvalue weighted by molar-refractivity contribution is 5.70. The lowest BCUT2D eigenvalue weighted by molar-refractivity contribution is -0.146. The van der Waals surface area contributed by atoms with Crippen molar-refractivity contribution in [1.82, 2.24) is 4.90 Å². The monoisotopic (exact) mass is 237 g/mol. The van der Waals surface area contributed by atoms with Crippen molar-refractivity contribution in [3.8, 4) is 0 Å². The number of hydrogen-bond donors (Lipinski definition) is 1. The maximum absolute atomic E-state index is 10.8. The number of aliphatic carboxylic acids is 1. The Bertz CT molecular complexity index is 407. The van der Waals surface area contributed by atoms with Gasteiger partial charge in [0.25, 0.3) is 0 Å². The lowest BCUT2D eigenvalue weighted by atomic mass is 9.86. The van der Waals surface area contributed by atoms with Crippen molar-refractivity contribution < 1.29 is 14.3 Å². The second-order valence-corrected chi connectivity index (χ2v) is 4.97. The topological polar surface area (TPSA) is 53.7 Å². The molecule has 1 saturated heterocycles. The summed E-state index contributed by atoms with van der Waals surface area (Å²) in [5, 5.41) is 8.93. The van der Waals surface area contributed by atoms with E-state index in [-0.39, 0.29) is 17.9 Å². The fourth-order valence-corrected chi connectivity index (χ4v) is 2.24. The van der Waals surface area contributed by atoms with E-state index in [0.717, 1.165) is 24.6 Å². The van der Waals surface area contributed by atoms with E-state index in [2.05, 4.69) is 11.8 Å². The molecule has 2 heterocycles. The molecule has 0 aromatic carbocycles. The summed E-state index contributed by atoms with van der Waals surface area (Å²) in [5.74, 6) is 1.20. The second-order valence-electron chi connectivity index (χ2n) is 4.97. The molecule has 2 rings (SSSR count). The molecular weight excluding hydrogens is 218 g/mol. The van der Waals surface area contributed by atoms with Gasteiger partial charge in [-0.2, -0.15) is 0 Å². The van der Waals surface area contributed by atoms with E-state index in [1.54, 1.807) is 6.92 Å². The van der Waals surface area contributed by atoms with Crippen LogP contribution in [0.1, 0.15) is 31.4 Å². The molecule has 0 saturated carbocycles. The van der Waals surface area contributed by atoms with Crippen molar-refractivity contribution in [3.63, 3.8) is 0 Å². The number of nitrogens with zero attached hydrogens (tertiary/aromatic N) is 1. The fourth-order valence-electron chi connectivity index (χ4n) is 2.24. The summed E-state index contributed by atoms with van der Waals surface area (Å²) in [4.78, 5) is 13.1. The van der Waals surface area contributed by atoms with E-state index in [9.17, 15) is 4.79 Å². The summed E-state index contributed by atoms with van der Waals surface area (Å²) < 4.78 is 5.59. The molecule has 4 heteroatoms. The summed E-state index contributed by atoms with van der Waals surface area (Å²) in [5.41, 5.74) is 0. The third-order valence-electron chi connectivity index (χ3n) is 3.76. The van der Waals surface area contributed by atoms with Crippen LogP contribution in [0.3, 0.4) is 0 Å². The molecule has 1 aromatic heterocycles. The number of aryl methyl sites for hydroxylation is 1. The van der Waals surface area contributed by atoms with Gasteiger partial charge in [0.05, 0.1) is 12.0 Å². The van der Waals surface area contributed by atoms with Crippen molar-refractivity contribution in [3.05, 3.63) is 23.7 Å². The van der Waals surface area contributed by atoms with E-state index in [1.807, 2.05) is 19.1 Å². The van der Waals surface area contributed by atoms with E-state index in [4.69, 9.17) is 9.52 Å². The molecular formula is C13H19NO3. The lowest BCUT2D eigenvalue weighted by Gasteiger charge is -2.44. The molecule has 1 fully saturated rings. The second kappa shape index (κ2) is 4.53. The first-order valence-corrected chi connectivity index (χ1v) is 6.02. The van der Waals surface area contributed by atoms with Crippen LogP contribution in [0, 0.1) is 18.8 Å². The van der Waals surface area contributed by atoms with Gasteiger partial charge in [0, 0.05) is 13.1 Å². The van der Waals surface area contributed by atoms with Gasteiger partial charge >= 0.3 is 5.97 Å². The van der Waals surface area contributed by atoms with Crippen molar-refractivity contribution in [2.45, 2.75) is 26.8 Å². The summed E-state index contributed by atoms with van der Waals surface area (Å²) in [6.07, 6.45) is 0. The molecule has 0 aliphatic carbocycles. The van der Waals surface area contributed by atoms with Gasteiger partial charge in [0.1, 0.15) is 11.5 Å². The molecule has 1 aliphatic heterocycles. The van der Waals surface area contributed by atoms with E-state index in [1.165, 1.54) is 0 Å². The average Bonchev–Trinajstić information content (AvgIpc) is 2.62. The Labute approximate surface area is 101 Å². The Morgan fingerprint density at radius 2 is 2.12 bits per heavy atom. The molecule has 1 N–H and O–H groups in total. The molecule has 0 amide bonds. The maximum Gasteiger partial charge on any atom is 0.306 e. The SMILES string of the molecule is Cc1ccc(C(C)N2CC(C(C)C(=O)O)C2)o1. The highest BCUT2D eigenvalue weighted by atomic mass is 16.4. The van der Waals surface area contributed by atoms with Crippen LogP contribution in [0.5, 0.6) is 0 Å². The molecule has 2 atom stereocenters. The van der Waals surface area contributed by atoms with Gasteiger partial charge in [0.15, 0.2) is 0 Å². The van der Waals surface area contributed by atoms with Gasteiger partial charge in [-0.3, -0.25) is 9.69 Å². The van der Waals surface area contributed by atoms with Crippen molar-refractivity contribution in [1.29, 1.82) is 0 Å². The van der Waals surface area contributed by atoms with Crippen molar-refractivity contribution in [2.24, 2.45) is 11.8 Å². The molecule has 4 nitrogen and oxygen atoms in total. The molecule has 2 unspecified atom stereocenters. The zero-order valence-corrected chi connectivity index (χ0v) is 10.5. The predicted molar refractivity (Wildman–Crippen MR) is 63.7 cm³/mol. The molecule has 1 aromatic rings. The van der Waals surface area contributed by atoms with E-state index in [0.29, 0.717) is 0 Å². The number of carbonyl (C=O) groups is 1. The smallest absolute Gasteiger partial charge is 0.306 e. The summed E-state index contributed by atoms with van der Waals surface area (Å²) in [6, 6.07) is 4.19. The molecule has 0 radical (unpaired) electrons. The Morgan fingerprint density at radius 3 is 2.59 bits per heavy atom. The zero-order chi connectivity index (χ0) is 12.6. The first-order chi connectivity index (χ1) is 7.99. The fraction of sp³-hybridized carbons (Fsp3) is 0.615. The first kappa shape index (κ1) is 12.2. The summed E-state index contributed by atoms with van der Waals surface area (Å²) in [6.45, 7) is 7.50. The van der Waals surface area contributed by atoms with Crippen LogP contribution in [-0.2, 0) is 4.79 Å². The third kappa shape index (κ3) is 2.36. The Balaban J connectivity index is 1.89. The summed E-state index contributed by atoms with van der Waals surface area (Å²) in [7, 11) is 0. The van der Waals surface area contributed by atoms with Crippen molar-refractivity contribution in [2.75, 3.05) is 13.1 Å². The number of carboxylic acids is 1. The first-order valence-electron chi connectivity index (χ1n) is 6.02. The van der Waals surface area contributed by atoms with Gasteiger partial charge in [0.2, 0.25) is 0 Å². The highest BCUT2D eigenvalue weighted by Crippen LogP contribution is 2.32. The number of hydrogen-bond acceptors (Lipinski definition) is 3. The van der Waals surface area contributed by atoms with Crippen LogP contribution in [0.15, 0.2) is 16.5 Å². The Kier molecular flexibility index (Phi) is 3.24. The molecule has 0 spiro atoms. The van der Waals surface area contributed by atoms with Crippen LogP contribution in [-0.4, -0.2) is 29.1 Å². The molecule has 1 aliphatic rings. The Morgan fingerprint density at radius 1 is 1.47 bits per heavy atom.